The van der Waals surface area contributed by atoms with Gasteiger partial charge in [0.1, 0.15) is 5.69 Å². The van der Waals surface area contributed by atoms with Crippen LogP contribution in [0.25, 0.3) is 5.69 Å². The van der Waals surface area contributed by atoms with Crippen LogP contribution in [0.3, 0.4) is 0 Å². The van der Waals surface area contributed by atoms with E-state index in [1.807, 2.05) is 62.5 Å². The molecule has 1 N–H and O–H groups in total. The van der Waals surface area contributed by atoms with E-state index in [1.54, 1.807) is 15.4 Å². The van der Waals surface area contributed by atoms with Gasteiger partial charge in [-0.15, -0.1) is 0 Å². The third-order valence-electron chi connectivity index (χ3n) is 5.81. The van der Waals surface area contributed by atoms with Crippen molar-refractivity contribution >= 4 is 23.2 Å². The lowest BCUT2D eigenvalue weighted by Crippen LogP contribution is -2.46. The molecule has 144 valence electrons. The van der Waals surface area contributed by atoms with Crippen LogP contribution in [-0.2, 0) is 17.3 Å². The molecule has 0 spiro atoms. The van der Waals surface area contributed by atoms with E-state index in [-0.39, 0.29) is 11.5 Å². The second kappa shape index (κ2) is 6.99. The number of carbonyl (C=O) groups is 1. The van der Waals surface area contributed by atoms with E-state index in [4.69, 9.17) is 11.6 Å². The van der Waals surface area contributed by atoms with Gasteiger partial charge in [0, 0.05) is 12.1 Å². The molecule has 1 amide bonds. The maximum absolute atomic E-state index is 13.3. The van der Waals surface area contributed by atoms with Crippen LogP contribution in [0.5, 0.6) is 0 Å². The van der Waals surface area contributed by atoms with Gasteiger partial charge in [-0.3, -0.25) is 14.3 Å². The van der Waals surface area contributed by atoms with E-state index in [2.05, 4.69) is 5.32 Å². The molecule has 1 aliphatic carbocycles. The molecule has 0 aliphatic heterocycles. The molecule has 0 radical (unpaired) electrons. The molecule has 5 nitrogen and oxygen atoms in total. The van der Waals surface area contributed by atoms with Crippen molar-refractivity contribution in [3.05, 3.63) is 81.2 Å². The molecular weight excluding hydrogens is 374 g/mol. The number of amides is 1. The van der Waals surface area contributed by atoms with Crippen LogP contribution in [0.2, 0.25) is 5.02 Å². The fourth-order valence-corrected chi connectivity index (χ4v) is 4.10. The van der Waals surface area contributed by atoms with Gasteiger partial charge in [-0.25, -0.2) is 4.68 Å². The fraction of sp³-hybridized carbons (Fsp3) is 0.273. The van der Waals surface area contributed by atoms with Crippen molar-refractivity contribution < 1.29 is 4.79 Å². The Balaban J connectivity index is 1.72. The van der Waals surface area contributed by atoms with Gasteiger partial charge in [0.25, 0.3) is 5.56 Å². The Hall–Kier alpha value is -2.79. The number of carbonyl (C=O) groups excluding carboxylic acids is 1. The smallest absolute Gasteiger partial charge is 0.295 e. The molecule has 0 atom stereocenters. The first kappa shape index (κ1) is 18.6. The minimum atomic E-state index is -0.628. The van der Waals surface area contributed by atoms with E-state index in [1.165, 1.54) is 0 Å². The van der Waals surface area contributed by atoms with Crippen molar-refractivity contribution in [3.8, 4) is 5.69 Å². The summed E-state index contributed by atoms with van der Waals surface area (Å²) in [4.78, 5) is 26.4. The largest absolute Gasteiger partial charge is 0.319 e. The number of rotatable bonds is 4. The zero-order chi connectivity index (χ0) is 19.9. The number of nitrogens with one attached hydrogen (secondary N) is 1. The maximum atomic E-state index is 13.3. The predicted molar refractivity (Wildman–Crippen MR) is 111 cm³/mol. The van der Waals surface area contributed by atoms with Gasteiger partial charge in [-0.2, -0.15) is 0 Å². The Bertz CT molecular complexity index is 1090. The summed E-state index contributed by atoms with van der Waals surface area (Å²) < 4.78 is 3.33. The zero-order valence-electron chi connectivity index (χ0n) is 15.9. The minimum absolute atomic E-state index is 0.146. The molecule has 28 heavy (non-hydrogen) atoms. The summed E-state index contributed by atoms with van der Waals surface area (Å²) in [7, 11) is 1.81. The number of nitrogens with zero attached hydrogens (tertiary/aromatic N) is 2. The van der Waals surface area contributed by atoms with Crippen LogP contribution in [0, 0.1) is 6.92 Å². The van der Waals surface area contributed by atoms with Crippen molar-refractivity contribution in [2.24, 2.45) is 7.05 Å². The van der Waals surface area contributed by atoms with E-state index in [0.717, 1.165) is 30.5 Å². The van der Waals surface area contributed by atoms with E-state index >= 15 is 0 Å². The highest BCUT2D eigenvalue weighted by atomic mass is 35.5. The van der Waals surface area contributed by atoms with Gasteiger partial charge < -0.3 is 5.32 Å². The quantitative estimate of drug-likeness (QED) is 0.719. The molecule has 0 saturated heterocycles. The number of anilines is 1. The Morgan fingerprint density at radius 1 is 1.11 bits per heavy atom. The predicted octanol–water partition coefficient (Wildman–Crippen LogP) is 4.20. The van der Waals surface area contributed by atoms with Gasteiger partial charge in [-0.05, 0) is 49.6 Å². The number of para-hydroxylation sites is 1. The first-order valence-corrected chi connectivity index (χ1v) is 9.73. The molecule has 6 heteroatoms. The third-order valence-corrected chi connectivity index (χ3v) is 6.05. The van der Waals surface area contributed by atoms with Crippen molar-refractivity contribution in [2.45, 2.75) is 31.6 Å². The van der Waals surface area contributed by atoms with Gasteiger partial charge >= 0.3 is 0 Å². The fourth-order valence-electron chi connectivity index (χ4n) is 3.91. The van der Waals surface area contributed by atoms with Crippen LogP contribution in [-0.4, -0.2) is 15.3 Å². The molecule has 0 bridgehead atoms. The molecule has 1 aliphatic rings. The monoisotopic (exact) mass is 395 g/mol. The number of halogens is 1. The van der Waals surface area contributed by atoms with E-state index < -0.39 is 5.41 Å². The summed E-state index contributed by atoms with van der Waals surface area (Å²) in [5, 5.41) is 3.54. The Morgan fingerprint density at radius 3 is 2.43 bits per heavy atom. The van der Waals surface area contributed by atoms with Crippen molar-refractivity contribution in [3.63, 3.8) is 0 Å². The summed E-state index contributed by atoms with van der Waals surface area (Å²) in [6.45, 7) is 1.84. The molecule has 1 heterocycles. The van der Waals surface area contributed by atoms with Gasteiger partial charge in [0.05, 0.1) is 16.8 Å². The number of hydrogen-bond donors (Lipinski definition) is 1. The Labute approximate surface area is 168 Å². The molecular formula is C22H22ClN3O2. The van der Waals surface area contributed by atoms with E-state index in [0.29, 0.717) is 16.4 Å². The summed E-state index contributed by atoms with van der Waals surface area (Å²) >= 11 is 6.15. The maximum Gasteiger partial charge on any atom is 0.295 e. The number of aromatic nitrogens is 2. The molecule has 1 saturated carbocycles. The topological polar surface area (TPSA) is 56.0 Å². The second-order valence-corrected chi connectivity index (χ2v) is 7.77. The molecule has 2 aromatic carbocycles. The summed E-state index contributed by atoms with van der Waals surface area (Å²) in [5.74, 6) is -0.146. The van der Waals surface area contributed by atoms with Gasteiger partial charge in [0.2, 0.25) is 5.91 Å². The van der Waals surface area contributed by atoms with E-state index in [9.17, 15) is 9.59 Å². The lowest BCUT2D eigenvalue weighted by molar-refractivity contribution is -0.124. The SMILES string of the molecule is Cc1c(NC(=O)C2(c3cccc(Cl)c3)CCC2)c(=O)n(-c2ccccc2)n1C. The average Bonchev–Trinajstić information content (AvgIpc) is 2.85. The molecule has 1 aromatic heterocycles. The van der Waals surface area contributed by atoms with Crippen LogP contribution >= 0.6 is 11.6 Å². The lowest BCUT2D eigenvalue weighted by Gasteiger charge is -2.40. The lowest BCUT2D eigenvalue weighted by atomic mass is 9.64. The van der Waals surface area contributed by atoms with Crippen molar-refractivity contribution in [2.75, 3.05) is 5.32 Å². The standard InChI is InChI=1S/C22H22ClN3O2/c1-15-19(20(27)26(25(15)2)18-10-4-3-5-11-18)24-21(28)22(12-7-13-22)16-8-6-9-17(23)14-16/h3-6,8-11,14H,7,12-13H2,1-2H3,(H,24,28). The second-order valence-electron chi connectivity index (χ2n) is 7.34. The van der Waals surface area contributed by atoms with Crippen LogP contribution in [0.15, 0.2) is 59.4 Å². The molecule has 3 aromatic rings. The van der Waals surface area contributed by atoms with Crippen LogP contribution in [0.4, 0.5) is 5.69 Å². The highest BCUT2D eigenvalue weighted by Crippen LogP contribution is 2.45. The number of hydrogen-bond acceptors (Lipinski definition) is 2. The Kier molecular flexibility index (Phi) is 4.63. The van der Waals surface area contributed by atoms with Gasteiger partial charge in [-0.1, -0.05) is 48.4 Å². The van der Waals surface area contributed by atoms with Crippen molar-refractivity contribution in [1.82, 2.24) is 9.36 Å². The first-order valence-electron chi connectivity index (χ1n) is 9.35. The Morgan fingerprint density at radius 2 is 1.82 bits per heavy atom. The normalized spacial score (nSPS) is 15.1. The van der Waals surface area contributed by atoms with Crippen molar-refractivity contribution in [1.29, 1.82) is 0 Å². The average molecular weight is 396 g/mol. The number of benzene rings is 2. The molecule has 4 rings (SSSR count). The molecule has 0 unspecified atom stereocenters. The molecule has 1 fully saturated rings. The van der Waals surface area contributed by atoms with Crippen LogP contribution < -0.4 is 10.9 Å². The van der Waals surface area contributed by atoms with Crippen LogP contribution in [0.1, 0.15) is 30.5 Å². The highest BCUT2D eigenvalue weighted by molar-refractivity contribution is 6.30. The highest BCUT2D eigenvalue weighted by Gasteiger charge is 2.46. The minimum Gasteiger partial charge on any atom is -0.319 e. The first-order chi connectivity index (χ1) is 13.4. The van der Waals surface area contributed by atoms with Gasteiger partial charge in [0.15, 0.2) is 0 Å². The summed E-state index contributed by atoms with van der Waals surface area (Å²) in [6, 6.07) is 16.8. The summed E-state index contributed by atoms with van der Waals surface area (Å²) in [6.07, 6.45) is 2.47. The third kappa shape index (κ3) is 2.87. The zero-order valence-corrected chi connectivity index (χ0v) is 16.7. The summed E-state index contributed by atoms with van der Waals surface area (Å²) in [5.41, 5.74) is 1.83.